The number of anilines is 2. The van der Waals surface area contributed by atoms with Crippen molar-refractivity contribution in [1.82, 2.24) is 14.9 Å². The normalized spacial score (nSPS) is 20.3. The summed E-state index contributed by atoms with van der Waals surface area (Å²) in [6.07, 6.45) is 4.32. The number of rotatable bonds is 5. The number of nitrogens with one attached hydrogen (secondary N) is 2. The largest absolute Gasteiger partial charge is 0.351 e. The molecule has 3 heterocycles. The molecule has 2 unspecified atom stereocenters. The van der Waals surface area contributed by atoms with Crippen LogP contribution in [-0.4, -0.2) is 20.6 Å². The highest BCUT2D eigenvalue weighted by atomic mass is 32.1. The summed E-state index contributed by atoms with van der Waals surface area (Å²) in [5, 5.41) is 7.04. The van der Waals surface area contributed by atoms with Gasteiger partial charge in [-0.05, 0) is 86.9 Å². The zero-order valence-electron chi connectivity index (χ0n) is 18.5. The van der Waals surface area contributed by atoms with Crippen LogP contribution in [0.3, 0.4) is 0 Å². The minimum atomic E-state index is -0.0864. The molecule has 0 bridgehead atoms. The van der Waals surface area contributed by atoms with E-state index in [0.29, 0.717) is 11.2 Å². The highest BCUT2D eigenvalue weighted by molar-refractivity contribution is 7.80. The zero-order chi connectivity index (χ0) is 22.4. The minimum absolute atomic E-state index is 0.0253. The van der Waals surface area contributed by atoms with E-state index in [1.165, 1.54) is 36.7 Å². The van der Waals surface area contributed by atoms with Crippen molar-refractivity contribution in [3.63, 3.8) is 0 Å². The van der Waals surface area contributed by atoms with E-state index < -0.39 is 0 Å². The number of aromatic nitrogens is 2. The predicted molar refractivity (Wildman–Crippen MR) is 131 cm³/mol. The number of pyridine rings is 1. The Hall–Kier alpha value is -3.19. The number of hydrogen-bond donors (Lipinski definition) is 2. The second-order valence-electron chi connectivity index (χ2n) is 8.65. The number of amides is 1. The first-order valence-electron chi connectivity index (χ1n) is 11.0. The van der Waals surface area contributed by atoms with Gasteiger partial charge in [0.05, 0.1) is 17.8 Å². The van der Waals surface area contributed by atoms with Crippen LogP contribution in [0.5, 0.6) is 0 Å². The van der Waals surface area contributed by atoms with Crippen LogP contribution in [0.15, 0.2) is 54.7 Å². The Morgan fingerprint density at radius 2 is 1.91 bits per heavy atom. The highest BCUT2D eigenvalue weighted by Crippen LogP contribution is 2.46. The van der Waals surface area contributed by atoms with E-state index >= 15 is 0 Å². The average Bonchev–Trinajstić information content (AvgIpc) is 3.48. The van der Waals surface area contributed by atoms with Crippen molar-refractivity contribution in [2.24, 2.45) is 0 Å². The van der Waals surface area contributed by atoms with Gasteiger partial charge in [0.15, 0.2) is 5.11 Å². The molecule has 0 radical (unpaired) electrons. The fourth-order valence-corrected chi connectivity index (χ4v) is 5.20. The maximum Gasteiger partial charge on any atom is 0.221 e. The van der Waals surface area contributed by atoms with Crippen LogP contribution in [0.25, 0.3) is 0 Å². The second-order valence-corrected chi connectivity index (χ2v) is 9.04. The Kier molecular flexibility index (Phi) is 5.21. The van der Waals surface area contributed by atoms with E-state index in [9.17, 15) is 4.79 Å². The summed E-state index contributed by atoms with van der Waals surface area (Å²) in [5.74, 6) is -0.0864. The molecule has 5 rings (SSSR count). The van der Waals surface area contributed by atoms with E-state index in [4.69, 9.17) is 12.2 Å². The number of aryl methyl sites for hydroxylation is 1. The first-order valence-corrected chi connectivity index (χ1v) is 11.4. The molecule has 2 atom stereocenters. The van der Waals surface area contributed by atoms with Gasteiger partial charge in [0.1, 0.15) is 0 Å². The van der Waals surface area contributed by atoms with Crippen LogP contribution < -0.4 is 15.5 Å². The number of carbonyl (C=O) groups excluding carboxylic acids is 1. The summed E-state index contributed by atoms with van der Waals surface area (Å²) in [6.45, 7) is 5.92. The molecule has 3 aromatic rings. The van der Waals surface area contributed by atoms with Crippen molar-refractivity contribution in [2.45, 2.75) is 51.7 Å². The number of thiocarbonyl (C=S) groups is 1. The Balaban J connectivity index is 1.59. The molecule has 2 aliphatic rings. The molecule has 7 heteroatoms. The summed E-state index contributed by atoms with van der Waals surface area (Å²) in [7, 11) is 0. The number of benzene rings is 1. The molecule has 6 nitrogen and oxygen atoms in total. The van der Waals surface area contributed by atoms with Gasteiger partial charge in [-0.1, -0.05) is 6.07 Å². The van der Waals surface area contributed by atoms with Gasteiger partial charge in [-0.2, -0.15) is 0 Å². The molecule has 2 N–H and O–H groups in total. The zero-order valence-corrected chi connectivity index (χ0v) is 19.3. The topological polar surface area (TPSA) is 62.2 Å². The van der Waals surface area contributed by atoms with Crippen LogP contribution in [0.4, 0.5) is 11.4 Å². The monoisotopic (exact) mass is 445 g/mol. The molecular weight excluding hydrogens is 418 g/mol. The van der Waals surface area contributed by atoms with Crippen LogP contribution in [0.2, 0.25) is 0 Å². The molecule has 32 heavy (non-hydrogen) atoms. The minimum Gasteiger partial charge on any atom is -0.351 e. The fraction of sp³-hybridized carbons (Fsp3) is 0.320. The van der Waals surface area contributed by atoms with Crippen LogP contribution in [0.1, 0.15) is 60.5 Å². The van der Waals surface area contributed by atoms with Crippen LogP contribution in [0, 0.1) is 13.8 Å². The maximum atomic E-state index is 11.4. The van der Waals surface area contributed by atoms with Crippen molar-refractivity contribution in [1.29, 1.82) is 0 Å². The summed E-state index contributed by atoms with van der Waals surface area (Å²) >= 11 is 5.84. The molecule has 1 saturated carbocycles. The Morgan fingerprint density at radius 3 is 2.53 bits per heavy atom. The molecule has 1 aliphatic heterocycles. The second kappa shape index (κ2) is 8.06. The summed E-state index contributed by atoms with van der Waals surface area (Å²) in [5.41, 5.74) is 6.57. The summed E-state index contributed by atoms with van der Waals surface area (Å²) in [4.78, 5) is 18.2. The van der Waals surface area contributed by atoms with Gasteiger partial charge >= 0.3 is 0 Å². The lowest BCUT2D eigenvalue weighted by molar-refractivity contribution is -0.114. The molecule has 1 saturated heterocycles. The first kappa shape index (κ1) is 20.7. The van der Waals surface area contributed by atoms with Gasteiger partial charge in [0, 0.05) is 41.9 Å². The Labute approximate surface area is 193 Å². The van der Waals surface area contributed by atoms with Gasteiger partial charge in [-0.3, -0.25) is 9.78 Å². The van der Waals surface area contributed by atoms with Crippen molar-refractivity contribution in [3.05, 3.63) is 77.4 Å². The van der Waals surface area contributed by atoms with E-state index in [-0.39, 0.29) is 18.0 Å². The molecule has 2 fully saturated rings. The number of carbonyl (C=O) groups is 1. The molecule has 1 aliphatic carbocycles. The molecular formula is C25H27N5OS. The molecule has 0 spiro atoms. The summed E-state index contributed by atoms with van der Waals surface area (Å²) in [6, 6.07) is 16.7. The van der Waals surface area contributed by atoms with Crippen molar-refractivity contribution in [2.75, 3.05) is 10.2 Å². The van der Waals surface area contributed by atoms with Crippen molar-refractivity contribution in [3.8, 4) is 0 Å². The predicted octanol–water partition coefficient (Wildman–Crippen LogP) is 4.97. The highest BCUT2D eigenvalue weighted by Gasteiger charge is 2.42. The third-order valence-electron chi connectivity index (χ3n) is 6.32. The number of nitrogens with zero attached hydrogens (tertiary/aromatic N) is 3. The lowest BCUT2D eigenvalue weighted by atomic mass is 9.96. The van der Waals surface area contributed by atoms with Gasteiger partial charge < -0.3 is 20.1 Å². The lowest BCUT2D eigenvalue weighted by Gasteiger charge is -2.28. The quantitative estimate of drug-likeness (QED) is 0.543. The van der Waals surface area contributed by atoms with Crippen LogP contribution >= 0.6 is 12.2 Å². The van der Waals surface area contributed by atoms with E-state index in [1.807, 2.05) is 42.6 Å². The average molecular weight is 446 g/mol. The Morgan fingerprint density at radius 1 is 1.16 bits per heavy atom. The van der Waals surface area contributed by atoms with E-state index in [1.54, 1.807) is 0 Å². The molecule has 2 aromatic heterocycles. The van der Waals surface area contributed by atoms with Gasteiger partial charge in [-0.25, -0.2) is 0 Å². The molecule has 164 valence electrons. The van der Waals surface area contributed by atoms with E-state index in [2.05, 4.69) is 51.1 Å². The SMILES string of the molecule is CC(=O)Nc1ccc(N2C(=S)NC(c3ccccn3)C2c2cc(C)n(C3CC3)c2C)cc1. The third-order valence-corrected chi connectivity index (χ3v) is 6.63. The summed E-state index contributed by atoms with van der Waals surface area (Å²) < 4.78 is 2.48. The lowest BCUT2D eigenvalue weighted by Crippen LogP contribution is -2.29. The maximum absolute atomic E-state index is 11.4. The van der Waals surface area contributed by atoms with Gasteiger partial charge in [-0.15, -0.1) is 0 Å². The number of hydrogen-bond acceptors (Lipinski definition) is 3. The van der Waals surface area contributed by atoms with Crippen molar-refractivity contribution < 1.29 is 4.79 Å². The Bertz CT molecular complexity index is 1170. The van der Waals surface area contributed by atoms with Crippen molar-refractivity contribution >= 4 is 34.6 Å². The van der Waals surface area contributed by atoms with Gasteiger partial charge in [0.2, 0.25) is 5.91 Å². The molecule has 1 amide bonds. The third kappa shape index (κ3) is 3.66. The first-order chi connectivity index (χ1) is 15.4. The van der Waals surface area contributed by atoms with Gasteiger partial charge in [0.25, 0.3) is 0 Å². The fourth-order valence-electron chi connectivity index (χ4n) is 4.85. The smallest absolute Gasteiger partial charge is 0.221 e. The molecule has 1 aromatic carbocycles. The standard InChI is InChI=1S/C25H27N5OS/c1-15-14-21(16(2)29(15)19-11-12-19)24-23(22-6-4-5-13-26-22)28-25(32)30(24)20-9-7-18(8-10-20)27-17(3)31/h4-10,13-14,19,23-24H,11-12H2,1-3H3,(H,27,31)(H,28,32). The van der Waals surface area contributed by atoms with Crippen LogP contribution in [-0.2, 0) is 4.79 Å². The van der Waals surface area contributed by atoms with E-state index in [0.717, 1.165) is 17.1 Å².